The molecule has 3 heterocycles. The first-order valence-corrected chi connectivity index (χ1v) is 14.2. The Labute approximate surface area is 221 Å². The number of hydrogen-bond donors (Lipinski definition) is 2. The van der Waals surface area contributed by atoms with Crippen molar-refractivity contribution in [2.45, 2.75) is 36.0 Å². The van der Waals surface area contributed by atoms with E-state index in [9.17, 15) is 18.3 Å². The number of fused-ring (bicyclic) bond motifs is 1. The molecule has 1 aromatic heterocycles. The smallest absolute Gasteiger partial charge is 0.243 e. The van der Waals surface area contributed by atoms with Crippen molar-refractivity contribution in [3.05, 3.63) is 66.2 Å². The maximum Gasteiger partial charge on any atom is 0.243 e. The van der Waals surface area contributed by atoms with Crippen molar-refractivity contribution in [1.82, 2.24) is 9.29 Å². The summed E-state index contributed by atoms with van der Waals surface area (Å²) in [5.74, 6) is 1.82. The molecular weight excluding hydrogens is 506 g/mol. The zero-order valence-corrected chi connectivity index (χ0v) is 21.6. The Balaban J connectivity index is 1.16. The molecule has 38 heavy (non-hydrogen) atoms. The van der Waals surface area contributed by atoms with Gasteiger partial charge in [0.2, 0.25) is 22.7 Å². The van der Waals surface area contributed by atoms with Gasteiger partial charge < -0.3 is 19.9 Å². The summed E-state index contributed by atoms with van der Waals surface area (Å²) in [7, 11) is -3.60. The number of aliphatic hydroxyl groups excluding tert-OH is 1. The summed E-state index contributed by atoms with van der Waals surface area (Å²) in [4.78, 5) is 18.1. The molecule has 0 atom stereocenters. The number of piperidine rings is 1. The maximum atomic E-state index is 13.3. The second kappa shape index (κ2) is 9.68. The fourth-order valence-corrected chi connectivity index (χ4v) is 6.62. The minimum atomic E-state index is -3.60. The summed E-state index contributed by atoms with van der Waals surface area (Å²) in [6.07, 6.45) is 2.80. The van der Waals surface area contributed by atoms with Crippen molar-refractivity contribution in [3.8, 4) is 22.8 Å². The Morgan fingerprint density at radius 2 is 1.76 bits per heavy atom. The number of aromatic nitrogens is 1. The number of carbonyl (C=O) groups is 1. The van der Waals surface area contributed by atoms with E-state index in [2.05, 4.69) is 10.3 Å². The molecule has 6 rings (SSSR count). The highest BCUT2D eigenvalue weighted by Crippen LogP contribution is 2.51. The van der Waals surface area contributed by atoms with Crippen LogP contribution in [0.15, 0.2) is 65.6 Å². The zero-order valence-electron chi connectivity index (χ0n) is 20.8. The first kappa shape index (κ1) is 24.8. The standard InChI is InChI=1S/C28H29N3O6S/c32-17-19-10-14-31(15-11-19)38(34,35)22-7-4-20(5-8-22)23-2-1-3-26(29-23)30-27(33)28(12-13-28)21-6-9-24-25(16-21)37-18-36-24/h1-9,16,19,32H,10-15,17-18H2,(H,29,30,33). The van der Waals surface area contributed by atoms with Crippen LogP contribution in [0.1, 0.15) is 31.2 Å². The Morgan fingerprint density at radius 3 is 2.47 bits per heavy atom. The average Bonchev–Trinajstić information content (AvgIpc) is 3.64. The third kappa shape index (κ3) is 4.53. The molecule has 0 spiro atoms. The summed E-state index contributed by atoms with van der Waals surface area (Å²) >= 11 is 0. The summed E-state index contributed by atoms with van der Waals surface area (Å²) in [5.41, 5.74) is 1.66. The Hall–Kier alpha value is -3.47. The number of nitrogens with one attached hydrogen (secondary N) is 1. The van der Waals surface area contributed by atoms with E-state index in [1.165, 1.54) is 4.31 Å². The molecule has 0 bridgehead atoms. The molecule has 0 radical (unpaired) electrons. The minimum absolute atomic E-state index is 0.0918. The van der Waals surface area contributed by atoms with Gasteiger partial charge in [-0.2, -0.15) is 4.31 Å². The van der Waals surface area contributed by atoms with Gasteiger partial charge in [0.15, 0.2) is 11.5 Å². The summed E-state index contributed by atoms with van der Waals surface area (Å²) in [5, 5.41) is 12.3. The van der Waals surface area contributed by atoms with Gasteiger partial charge in [0.1, 0.15) is 5.82 Å². The van der Waals surface area contributed by atoms with Gasteiger partial charge in [-0.1, -0.05) is 24.3 Å². The SMILES string of the molecule is O=C(Nc1cccc(-c2ccc(S(=O)(=O)N3CCC(CO)CC3)cc2)n1)C1(c2ccc3c(c2)OCO3)CC1. The summed E-state index contributed by atoms with van der Waals surface area (Å²) in [6.45, 7) is 1.10. The lowest BCUT2D eigenvalue weighted by Gasteiger charge is -2.30. The molecule has 10 heteroatoms. The molecule has 2 aliphatic heterocycles. The fraction of sp³-hybridized carbons (Fsp3) is 0.357. The van der Waals surface area contributed by atoms with Gasteiger partial charge in [0.05, 0.1) is 16.0 Å². The largest absolute Gasteiger partial charge is 0.454 e. The van der Waals surface area contributed by atoms with Crippen molar-refractivity contribution in [2.75, 3.05) is 31.8 Å². The van der Waals surface area contributed by atoms with E-state index < -0.39 is 15.4 Å². The Kier molecular flexibility index (Phi) is 6.33. The number of carbonyl (C=O) groups excluding carboxylic acids is 1. The van der Waals surface area contributed by atoms with E-state index in [1.807, 2.05) is 30.3 Å². The lowest BCUT2D eigenvalue weighted by atomic mass is 9.94. The zero-order chi connectivity index (χ0) is 26.3. The molecule has 1 saturated heterocycles. The lowest BCUT2D eigenvalue weighted by Crippen LogP contribution is -2.39. The number of rotatable bonds is 7. The van der Waals surface area contributed by atoms with E-state index in [4.69, 9.17) is 9.47 Å². The van der Waals surface area contributed by atoms with Crippen LogP contribution in [-0.2, 0) is 20.2 Å². The number of amides is 1. The molecule has 2 aromatic carbocycles. The van der Waals surface area contributed by atoms with Gasteiger partial charge in [0.25, 0.3) is 0 Å². The molecule has 3 aromatic rings. The Morgan fingerprint density at radius 1 is 1.03 bits per heavy atom. The molecule has 1 amide bonds. The van der Waals surface area contributed by atoms with Crippen LogP contribution < -0.4 is 14.8 Å². The van der Waals surface area contributed by atoms with Crippen LogP contribution >= 0.6 is 0 Å². The quantitative estimate of drug-likeness (QED) is 0.475. The average molecular weight is 536 g/mol. The van der Waals surface area contributed by atoms with Crippen molar-refractivity contribution < 1.29 is 27.8 Å². The van der Waals surface area contributed by atoms with Gasteiger partial charge in [-0.25, -0.2) is 13.4 Å². The number of hydrogen-bond acceptors (Lipinski definition) is 7. The second-order valence-corrected chi connectivity index (χ2v) is 12.0. The molecule has 1 aliphatic carbocycles. The highest BCUT2D eigenvalue weighted by atomic mass is 32.2. The predicted octanol–water partition coefficient (Wildman–Crippen LogP) is 3.54. The molecule has 2 N–H and O–H groups in total. The van der Waals surface area contributed by atoms with Crippen LogP contribution in [0.2, 0.25) is 0 Å². The molecule has 198 valence electrons. The summed E-state index contributed by atoms with van der Waals surface area (Å²) < 4.78 is 38.5. The van der Waals surface area contributed by atoms with E-state index in [0.717, 1.165) is 24.0 Å². The molecule has 2 fully saturated rings. The molecular formula is C28H29N3O6S. The van der Waals surface area contributed by atoms with Crippen molar-refractivity contribution >= 4 is 21.7 Å². The van der Waals surface area contributed by atoms with Crippen LogP contribution in [0.3, 0.4) is 0 Å². The topological polar surface area (TPSA) is 118 Å². The van der Waals surface area contributed by atoms with Crippen LogP contribution in [0.25, 0.3) is 11.3 Å². The Bertz CT molecular complexity index is 1460. The first-order valence-electron chi connectivity index (χ1n) is 12.8. The maximum absolute atomic E-state index is 13.3. The van der Waals surface area contributed by atoms with E-state index in [1.54, 1.807) is 30.3 Å². The molecule has 9 nitrogen and oxygen atoms in total. The van der Waals surface area contributed by atoms with Gasteiger partial charge in [-0.15, -0.1) is 0 Å². The molecule has 1 saturated carbocycles. The van der Waals surface area contributed by atoms with E-state index in [-0.39, 0.29) is 30.1 Å². The van der Waals surface area contributed by atoms with Crippen molar-refractivity contribution in [3.63, 3.8) is 0 Å². The minimum Gasteiger partial charge on any atom is -0.454 e. The third-order valence-electron chi connectivity index (χ3n) is 7.72. The monoisotopic (exact) mass is 535 g/mol. The van der Waals surface area contributed by atoms with Crippen molar-refractivity contribution in [1.29, 1.82) is 0 Å². The number of aliphatic hydroxyl groups is 1. The van der Waals surface area contributed by atoms with Crippen LogP contribution in [0, 0.1) is 5.92 Å². The van der Waals surface area contributed by atoms with E-state index >= 15 is 0 Å². The highest BCUT2D eigenvalue weighted by molar-refractivity contribution is 7.89. The number of ether oxygens (including phenoxy) is 2. The van der Waals surface area contributed by atoms with E-state index in [0.29, 0.717) is 48.9 Å². The number of benzene rings is 2. The molecule has 0 unspecified atom stereocenters. The number of pyridine rings is 1. The normalized spacial score (nSPS) is 18.8. The first-order chi connectivity index (χ1) is 18.4. The van der Waals surface area contributed by atoms with Crippen molar-refractivity contribution in [2.24, 2.45) is 5.92 Å². The fourth-order valence-electron chi connectivity index (χ4n) is 5.15. The highest BCUT2D eigenvalue weighted by Gasteiger charge is 2.51. The predicted molar refractivity (Wildman–Crippen MR) is 140 cm³/mol. The third-order valence-corrected chi connectivity index (χ3v) is 9.63. The van der Waals surface area contributed by atoms with Gasteiger partial charge in [-0.3, -0.25) is 4.79 Å². The number of sulfonamides is 1. The van der Waals surface area contributed by atoms with Crippen LogP contribution in [-0.4, -0.2) is 55.2 Å². The lowest BCUT2D eigenvalue weighted by molar-refractivity contribution is -0.118. The molecule has 3 aliphatic rings. The van der Waals surface area contributed by atoms with Gasteiger partial charge in [0, 0.05) is 25.3 Å². The number of anilines is 1. The van der Waals surface area contributed by atoms with Gasteiger partial charge >= 0.3 is 0 Å². The van der Waals surface area contributed by atoms with Crippen LogP contribution in [0.4, 0.5) is 5.82 Å². The second-order valence-electron chi connectivity index (χ2n) is 10.1. The number of nitrogens with zero attached hydrogens (tertiary/aromatic N) is 2. The van der Waals surface area contributed by atoms with Crippen LogP contribution in [0.5, 0.6) is 11.5 Å². The summed E-state index contributed by atoms with van der Waals surface area (Å²) in [6, 6.07) is 17.7. The van der Waals surface area contributed by atoms with Gasteiger partial charge in [-0.05, 0) is 73.6 Å².